The van der Waals surface area contributed by atoms with Gasteiger partial charge in [0, 0.05) is 0 Å². The van der Waals surface area contributed by atoms with Crippen molar-refractivity contribution in [2.75, 3.05) is 13.6 Å². The first-order valence-electron chi connectivity index (χ1n) is 5.76. The molecule has 17 heavy (non-hydrogen) atoms. The van der Waals surface area contributed by atoms with Crippen LogP contribution < -0.4 is 10.1 Å². The van der Waals surface area contributed by atoms with E-state index in [1.165, 1.54) is 0 Å². The molecule has 4 heteroatoms. The topological polar surface area (TPSA) is 38.3 Å². The molecule has 0 unspecified atom stereocenters. The SMILES string of the molecule is CNCC(=O)c1cc(C)cc(Cl)c1OC1CC1. The zero-order valence-corrected chi connectivity index (χ0v) is 10.8. The molecule has 1 aliphatic carbocycles. The Morgan fingerprint density at radius 1 is 1.53 bits per heavy atom. The van der Waals surface area contributed by atoms with Gasteiger partial charge in [-0.1, -0.05) is 11.6 Å². The van der Waals surface area contributed by atoms with Crippen LogP contribution in [0.4, 0.5) is 0 Å². The van der Waals surface area contributed by atoms with Crippen LogP contribution in [0.5, 0.6) is 5.75 Å². The number of nitrogens with one attached hydrogen (secondary N) is 1. The van der Waals surface area contributed by atoms with E-state index in [0.29, 0.717) is 22.9 Å². The van der Waals surface area contributed by atoms with Crippen molar-refractivity contribution in [3.63, 3.8) is 0 Å². The summed E-state index contributed by atoms with van der Waals surface area (Å²) in [4.78, 5) is 12.0. The second-order valence-corrected chi connectivity index (χ2v) is 4.80. The predicted octanol–water partition coefficient (Wildman–Crippen LogP) is 2.59. The van der Waals surface area contributed by atoms with Crippen molar-refractivity contribution in [1.29, 1.82) is 0 Å². The van der Waals surface area contributed by atoms with Crippen LogP contribution in [0.1, 0.15) is 28.8 Å². The number of ketones is 1. The van der Waals surface area contributed by atoms with E-state index in [1.807, 2.05) is 19.1 Å². The van der Waals surface area contributed by atoms with Gasteiger partial charge in [0.05, 0.1) is 23.2 Å². The zero-order chi connectivity index (χ0) is 12.4. The van der Waals surface area contributed by atoms with Crippen LogP contribution in [0.3, 0.4) is 0 Å². The molecule has 0 aliphatic heterocycles. The van der Waals surface area contributed by atoms with Gasteiger partial charge in [-0.15, -0.1) is 0 Å². The third-order valence-corrected chi connectivity index (χ3v) is 2.92. The van der Waals surface area contributed by atoms with Crippen LogP contribution in [0.15, 0.2) is 12.1 Å². The summed E-state index contributed by atoms with van der Waals surface area (Å²) in [6.07, 6.45) is 2.32. The number of rotatable bonds is 5. The average Bonchev–Trinajstić information content (AvgIpc) is 3.05. The van der Waals surface area contributed by atoms with Crippen molar-refractivity contribution in [3.05, 3.63) is 28.3 Å². The first-order chi connectivity index (χ1) is 8.11. The van der Waals surface area contributed by atoms with E-state index in [-0.39, 0.29) is 11.9 Å². The van der Waals surface area contributed by atoms with E-state index in [4.69, 9.17) is 16.3 Å². The molecule has 2 rings (SSSR count). The van der Waals surface area contributed by atoms with Gasteiger partial charge in [0.1, 0.15) is 5.75 Å². The fraction of sp³-hybridized carbons (Fsp3) is 0.462. The number of hydrogen-bond acceptors (Lipinski definition) is 3. The minimum atomic E-state index is 0.00810. The Balaban J connectivity index is 2.34. The second kappa shape index (κ2) is 5.07. The number of hydrogen-bond donors (Lipinski definition) is 1. The summed E-state index contributed by atoms with van der Waals surface area (Å²) >= 11 is 6.15. The maximum Gasteiger partial charge on any atom is 0.180 e. The highest BCUT2D eigenvalue weighted by molar-refractivity contribution is 6.32. The van der Waals surface area contributed by atoms with Gasteiger partial charge in [-0.25, -0.2) is 0 Å². The first-order valence-corrected chi connectivity index (χ1v) is 6.14. The second-order valence-electron chi connectivity index (χ2n) is 4.39. The lowest BCUT2D eigenvalue weighted by atomic mass is 10.1. The van der Waals surface area contributed by atoms with Gasteiger partial charge in [0.2, 0.25) is 0 Å². The first kappa shape index (κ1) is 12.4. The van der Waals surface area contributed by atoms with Crippen molar-refractivity contribution < 1.29 is 9.53 Å². The summed E-state index contributed by atoms with van der Waals surface area (Å²) < 4.78 is 5.73. The summed E-state index contributed by atoms with van der Waals surface area (Å²) in [5.41, 5.74) is 1.55. The Bertz CT molecular complexity index is 441. The van der Waals surface area contributed by atoms with Gasteiger partial charge in [0.15, 0.2) is 5.78 Å². The maximum atomic E-state index is 12.0. The number of carbonyl (C=O) groups is 1. The molecule has 0 spiro atoms. The summed E-state index contributed by atoms with van der Waals surface area (Å²) in [6, 6.07) is 3.67. The molecule has 1 aliphatic rings. The van der Waals surface area contributed by atoms with Crippen LogP contribution in [-0.4, -0.2) is 25.5 Å². The van der Waals surface area contributed by atoms with E-state index in [9.17, 15) is 4.79 Å². The number of benzene rings is 1. The van der Waals surface area contributed by atoms with Crippen molar-refractivity contribution in [3.8, 4) is 5.75 Å². The Kier molecular flexibility index (Phi) is 3.69. The van der Waals surface area contributed by atoms with E-state index in [1.54, 1.807) is 7.05 Å². The van der Waals surface area contributed by atoms with Crippen LogP contribution in [0.2, 0.25) is 5.02 Å². The lowest BCUT2D eigenvalue weighted by molar-refractivity contribution is 0.0989. The molecule has 0 radical (unpaired) electrons. The van der Waals surface area contributed by atoms with Gasteiger partial charge in [-0.2, -0.15) is 0 Å². The summed E-state index contributed by atoms with van der Waals surface area (Å²) in [6.45, 7) is 2.21. The molecule has 1 aromatic rings. The number of Topliss-reactive ketones (excluding diaryl/α,β-unsaturated/α-hetero) is 1. The molecule has 92 valence electrons. The fourth-order valence-electron chi connectivity index (χ4n) is 1.66. The van der Waals surface area contributed by atoms with Gasteiger partial charge in [-0.05, 0) is 44.5 Å². The van der Waals surface area contributed by atoms with Crippen molar-refractivity contribution in [2.45, 2.75) is 25.9 Å². The molecule has 1 fully saturated rings. The number of carbonyl (C=O) groups excluding carboxylic acids is 1. The predicted molar refractivity (Wildman–Crippen MR) is 68.1 cm³/mol. The monoisotopic (exact) mass is 253 g/mol. The number of likely N-dealkylation sites (N-methyl/N-ethyl adjacent to an activating group) is 1. The van der Waals surface area contributed by atoms with E-state index < -0.39 is 0 Å². The largest absolute Gasteiger partial charge is 0.488 e. The summed E-state index contributed by atoms with van der Waals surface area (Å²) in [5.74, 6) is 0.550. The van der Waals surface area contributed by atoms with Crippen LogP contribution >= 0.6 is 11.6 Å². The van der Waals surface area contributed by atoms with E-state index in [0.717, 1.165) is 18.4 Å². The Hall–Kier alpha value is -1.06. The fourth-order valence-corrected chi connectivity index (χ4v) is 1.98. The van der Waals surface area contributed by atoms with E-state index >= 15 is 0 Å². The van der Waals surface area contributed by atoms with Crippen LogP contribution in [0, 0.1) is 6.92 Å². The Morgan fingerprint density at radius 2 is 2.24 bits per heavy atom. The smallest absolute Gasteiger partial charge is 0.180 e. The minimum absolute atomic E-state index is 0.00810. The van der Waals surface area contributed by atoms with Gasteiger partial charge in [0.25, 0.3) is 0 Å². The number of aryl methyl sites for hydroxylation is 1. The molecule has 0 heterocycles. The molecule has 1 saturated carbocycles. The molecule has 1 N–H and O–H groups in total. The molecule has 1 aromatic carbocycles. The highest BCUT2D eigenvalue weighted by atomic mass is 35.5. The third-order valence-electron chi connectivity index (χ3n) is 2.63. The quantitative estimate of drug-likeness (QED) is 0.820. The molecule has 3 nitrogen and oxygen atoms in total. The van der Waals surface area contributed by atoms with Gasteiger partial charge in [-0.3, -0.25) is 4.79 Å². The highest BCUT2D eigenvalue weighted by Gasteiger charge is 2.27. The Labute approximate surface area is 106 Å². The van der Waals surface area contributed by atoms with E-state index in [2.05, 4.69) is 5.32 Å². The van der Waals surface area contributed by atoms with Crippen LogP contribution in [0.25, 0.3) is 0 Å². The van der Waals surface area contributed by atoms with Gasteiger partial charge >= 0.3 is 0 Å². The lowest BCUT2D eigenvalue weighted by Crippen LogP contribution is -2.19. The lowest BCUT2D eigenvalue weighted by Gasteiger charge is -2.13. The average molecular weight is 254 g/mol. The highest BCUT2D eigenvalue weighted by Crippen LogP contribution is 2.35. The number of ether oxygens (including phenoxy) is 1. The molecule has 0 atom stereocenters. The summed E-state index contributed by atoms with van der Waals surface area (Å²) in [5, 5.41) is 3.38. The molecule has 0 saturated heterocycles. The van der Waals surface area contributed by atoms with Crippen LogP contribution in [-0.2, 0) is 0 Å². The molecular formula is C13H16ClNO2. The minimum Gasteiger partial charge on any atom is -0.488 e. The Morgan fingerprint density at radius 3 is 2.82 bits per heavy atom. The van der Waals surface area contributed by atoms with Crippen molar-refractivity contribution >= 4 is 17.4 Å². The standard InChI is InChI=1S/C13H16ClNO2/c1-8-5-10(12(16)7-15-2)13(11(14)6-8)17-9-3-4-9/h5-6,9,15H,3-4,7H2,1-2H3. The molecule has 0 aromatic heterocycles. The molecule has 0 bridgehead atoms. The van der Waals surface area contributed by atoms with Crippen molar-refractivity contribution in [2.24, 2.45) is 0 Å². The van der Waals surface area contributed by atoms with Crippen molar-refractivity contribution in [1.82, 2.24) is 5.32 Å². The molecular weight excluding hydrogens is 238 g/mol. The summed E-state index contributed by atoms with van der Waals surface area (Å²) in [7, 11) is 1.75. The maximum absolute atomic E-state index is 12.0. The third kappa shape index (κ3) is 2.99. The number of halogens is 1. The normalized spacial score (nSPS) is 14.8. The zero-order valence-electron chi connectivity index (χ0n) is 10.0. The van der Waals surface area contributed by atoms with Gasteiger partial charge < -0.3 is 10.1 Å². The molecule has 0 amide bonds.